The maximum atomic E-state index is 6.35. The zero-order valence-electron chi connectivity index (χ0n) is 14.9. The van der Waals surface area contributed by atoms with Gasteiger partial charge in [0.25, 0.3) is 0 Å². The summed E-state index contributed by atoms with van der Waals surface area (Å²) in [5, 5.41) is 0.742. The second kappa shape index (κ2) is 6.25. The van der Waals surface area contributed by atoms with E-state index in [2.05, 4.69) is 26.5 Å². The first-order valence-electron chi connectivity index (χ1n) is 9.25. The van der Waals surface area contributed by atoms with Crippen molar-refractivity contribution in [2.45, 2.75) is 38.3 Å². The molecule has 0 saturated carbocycles. The molecule has 3 heterocycles. The van der Waals surface area contributed by atoms with Gasteiger partial charge in [0.05, 0.1) is 28.4 Å². The van der Waals surface area contributed by atoms with E-state index in [9.17, 15) is 0 Å². The zero-order valence-corrected chi connectivity index (χ0v) is 15.6. The number of nitrogens with one attached hydrogen (secondary N) is 1. The Morgan fingerprint density at radius 1 is 1.19 bits per heavy atom. The summed E-state index contributed by atoms with van der Waals surface area (Å²) in [6, 6.07) is 8.47. The van der Waals surface area contributed by atoms with E-state index in [1.54, 1.807) is 0 Å². The molecule has 1 aliphatic carbocycles. The Labute approximate surface area is 158 Å². The van der Waals surface area contributed by atoms with Crippen LogP contribution in [-0.4, -0.2) is 37.0 Å². The highest BCUT2D eigenvalue weighted by Crippen LogP contribution is 2.30. The van der Waals surface area contributed by atoms with Crippen LogP contribution < -0.4 is 0 Å². The van der Waals surface area contributed by atoms with E-state index in [4.69, 9.17) is 16.6 Å². The van der Waals surface area contributed by atoms with Crippen LogP contribution in [0.3, 0.4) is 0 Å². The number of hydrogen-bond donors (Lipinski definition) is 1. The third-order valence-corrected chi connectivity index (χ3v) is 6.13. The fraction of sp³-hybridized carbons (Fsp3) is 0.400. The Hall–Kier alpha value is -2.11. The average molecular weight is 368 g/mol. The van der Waals surface area contributed by atoms with E-state index >= 15 is 0 Å². The minimum absolute atomic E-state index is 0.582. The number of aromatic amines is 1. The number of aromatic nitrogens is 4. The summed E-state index contributed by atoms with van der Waals surface area (Å²) in [7, 11) is 2.10. The van der Waals surface area contributed by atoms with Crippen LogP contribution in [0, 0.1) is 0 Å². The lowest BCUT2D eigenvalue weighted by Crippen LogP contribution is -2.42. The highest BCUT2D eigenvalue weighted by molar-refractivity contribution is 6.33. The molecule has 5 rings (SSSR count). The van der Waals surface area contributed by atoms with E-state index in [1.807, 2.05) is 30.6 Å². The molecule has 0 amide bonds. The van der Waals surface area contributed by atoms with Crippen molar-refractivity contribution in [3.05, 3.63) is 58.4 Å². The summed E-state index contributed by atoms with van der Waals surface area (Å²) in [6.45, 7) is 2.00. The van der Waals surface area contributed by atoms with Crippen LogP contribution in [0.4, 0.5) is 0 Å². The molecule has 1 unspecified atom stereocenters. The molecule has 6 heteroatoms. The van der Waals surface area contributed by atoms with Crippen molar-refractivity contribution in [1.82, 2.24) is 24.4 Å². The van der Waals surface area contributed by atoms with E-state index in [1.165, 1.54) is 29.2 Å². The Balaban J connectivity index is 1.38. The first-order chi connectivity index (χ1) is 12.7. The van der Waals surface area contributed by atoms with Gasteiger partial charge in [0, 0.05) is 50.3 Å². The highest BCUT2D eigenvalue weighted by Gasteiger charge is 2.30. The molecule has 2 aromatic heterocycles. The Kier molecular flexibility index (Phi) is 3.87. The van der Waals surface area contributed by atoms with Crippen LogP contribution in [-0.2, 0) is 32.9 Å². The summed E-state index contributed by atoms with van der Waals surface area (Å²) in [4.78, 5) is 15.5. The van der Waals surface area contributed by atoms with Crippen LogP contribution in [0.2, 0.25) is 5.02 Å². The van der Waals surface area contributed by atoms with Crippen molar-refractivity contribution in [2.24, 2.45) is 7.05 Å². The Bertz CT molecular complexity index is 957. The van der Waals surface area contributed by atoms with Crippen LogP contribution in [0.5, 0.6) is 0 Å². The van der Waals surface area contributed by atoms with Crippen molar-refractivity contribution in [2.75, 3.05) is 6.54 Å². The van der Waals surface area contributed by atoms with E-state index < -0.39 is 0 Å². The summed E-state index contributed by atoms with van der Waals surface area (Å²) >= 11 is 6.35. The zero-order chi connectivity index (χ0) is 17.7. The number of halogens is 1. The Morgan fingerprint density at radius 3 is 2.96 bits per heavy atom. The van der Waals surface area contributed by atoms with Crippen LogP contribution >= 0.6 is 11.6 Å². The molecule has 3 aromatic rings. The van der Waals surface area contributed by atoms with E-state index in [-0.39, 0.29) is 0 Å². The summed E-state index contributed by atoms with van der Waals surface area (Å²) in [5.41, 5.74) is 6.08. The lowest BCUT2D eigenvalue weighted by molar-refractivity contribution is 0.158. The summed E-state index contributed by atoms with van der Waals surface area (Å²) in [5.74, 6) is 0.889. The molecule has 0 fully saturated rings. The number of fused-ring (bicyclic) bond motifs is 2. The standard InChI is InChI=1S/C20H22ClN5/c1-25-12-22-17-7-6-13(10-19(17)25)26-9-8-16-18(11-26)24-20(23-16)14-4-2-3-5-15(14)21/h2-5,12-13H,6-11H2,1H3,(H,23,24). The van der Waals surface area contributed by atoms with Crippen molar-refractivity contribution in [3.8, 4) is 11.4 Å². The van der Waals surface area contributed by atoms with Crippen molar-refractivity contribution < 1.29 is 0 Å². The smallest absolute Gasteiger partial charge is 0.139 e. The van der Waals surface area contributed by atoms with Crippen LogP contribution in [0.25, 0.3) is 11.4 Å². The first-order valence-corrected chi connectivity index (χ1v) is 9.62. The molecule has 1 aliphatic heterocycles. The normalized spacial score (nSPS) is 20.0. The van der Waals surface area contributed by atoms with Crippen LogP contribution in [0.15, 0.2) is 30.6 Å². The first kappa shape index (κ1) is 16.1. The number of hydrogen-bond acceptors (Lipinski definition) is 3. The predicted octanol–water partition coefficient (Wildman–Crippen LogP) is 3.38. The van der Waals surface area contributed by atoms with E-state index in [0.717, 1.165) is 48.8 Å². The lowest BCUT2D eigenvalue weighted by atomic mass is 9.93. The summed E-state index contributed by atoms with van der Waals surface area (Å²) in [6.07, 6.45) is 6.30. The molecule has 0 bridgehead atoms. The number of rotatable bonds is 2. The second-order valence-electron chi connectivity index (χ2n) is 7.36. The van der Waals surface area contributed by atoms with Gasteiger partial charge in [-0.3, -0.25) is 4.90 Å². The molecule has 1 atom stereocenters. The van der Waals surface area contributed by atoms with Gasteiger partial charge in [0.15, 0.2) is 0 Å². The molecule has 0 radical (unpaired) electrons. The molecule has 5 nitrogen and oxygen atoms in total. The molecule has 1 aromatic carbocycles. The van der Waals surface area contributed by atoms with Gasteiger partial charge in [-0.25, -0.2) is 9.97 Å². The number of H-pyrrole nitrogens is 1. The molecular weight excluding hydrogens is 346 g/mol. The minimum Gasteiger partial charge on any atom is -0.340 e. The van der Waals surface area contributed by atoms with Crippen molar-refractivity contribution in [1.29, 1.82) is 0 Å². The van der Waals surface area contributed by atoms with Crippen LogP contribution in [0.1, 0.15) is 29.2 Å². The number of nitrogens with zero attached hydrogens (tertiary/aromatic N) is 4. The van der Waals surface area contributed by atoms with Gasteiger partial charge in [0.2, 0.25) is 0 Å². The molecular formula is C20H22ClN5. The molecule has 26 heavy (non-hydrogen) atoms. The highest BCUT2D eigenvalue weighted by atomic mass is 35.5. The molecule has 2 aliphatic rings. The van der Waals surface area contributed by atoms with Gasteiger partial charge in [-0.15, -0.1) is 0 Å². The minimum atomic E-state index is 0.582. The van der Waals surface area contributed by atoms with Gasteiger partial charge in [0.1, 0.15) is 5.82 Å². The quantitative estimate of drug-likeness (QED) is 0.755. The summed E-state index contributed by atoms with van der Waals surface area (Å²) < 4.78 is 2.18. The molecule has 1 N–H and O–H groups in total. The molecule has 134 valence electrons. The van der Waals surface area contributed by atoms with Gasteiger partial charge in [-0.05, 0) is 25.0 Å². The maximum Gasteiger partial charge on any atom is 0.139 e. The predicted molar refractivity (Wildman–Crippen MR) is 102 cm³/mol. The topological polar surface area (TPSA) is 49.7 Å². The maximum absolute atomic E-state index is 6.35. The van der Waals surface area contributed by atoms with Gasteiger partial charge >= 0.3 is 0 Å². The van der Waals surface area contributed by atoms with E-state index in [0.29, 0.717) is 6.04 Å². The van der Waals surface area contributed by atoms with Crippen molar-refractivity contribution in [3.63, 3.8) is 0 Å². The largest absolute Gasteiger partial charge is 0.340 e. The fourth-order valence-electron chi connectivity index (χ4n) is 4.32. The third kappa shape index (κ3) is 2.66. The number of aryl methyl sites for hydroxylation is 2. The second-order valence-corrected chi connectivity index (χ2v) is 7.76. The Morgan fingerprint density at radius 2 is 2.08 bits per heavy atom. The average Bonchev–Trinajstić information content (AvgIpc) is 3.25. The monoisotopic (exact) mass is 367 g/mol. The van der Waals surface area contributed by atoms with Gasteiger partial charge in [-0.2, -0.15) is 0 Å². The number of imidazole rings is 2. The van der Waals surface area contributed by atoms with Gasteiger partial charge in [-0.1, -0.05) is 23.7 Å². The SMILES string of the molecule is Cn1cnc2c1CC(N1CCc3nc(-c4ccccc4Cl)[nH]c3C1)CC2. The lowest BCUT2D eigenvalue weighted by Gasteiger charge is -2.36. The van der Waals surface area contributed by atoms with Crippen molar-refractivity contribution >= 4 is 11.6 Å². The molecule has 0 saturated heterocycles. The number of benzene rings is 1. The van der Waals surface area contributed by atoms with Gasteiger partial charge < -0.3 is 9.55 Å². The molecule has 0 spiro atoms. The fourth-order valence-corrected chi connectivity index (χ4v) is 4.55. The third-order valence-electron chi connectivity index (χ3n) is 5.80.